The number of nitrogens with zero attached hydrogens (tertiary/aromatic N) is 3. The molecule has 1 atom stereocenters. The van der Waals surface area contributed by atoms with Crippen LogP contribution in [0.5, 0.6) is 0 Å². The number of imidazole rings is 1. The summed E-state index contributed by atoms with van der Waals surface area (Å²) in [6.07, 6.45) is 1.90. The molecule has 1 saturated heterocycles. The summed E-state index contributed by atoms with van der Waals surface area (Å²) in [7, 11) is 2.15. The van der Waals surface area contributed by atoms with Gasteiger partial charge in [0.2, 0.25) is 0 Å². The molecule has 2 heterocycles. The first kappa shape index (κ1) is 15.3. The zero-order valence-corrected chi connectivity index (χ0v) is 14.3. The monoisotopic (exact) mass is 373 g/mol. The lowest BCUT2D eigenvalue weighted by atomic mass is 10.1. The highest BCUT2D eigenvalue weighted by Crippen LogP contribution is 2.27. The zero-order valence-electron chi connectivity index (χ0n) is 12.0. The van der Waals surface area contributed by atoms with Crippen LogP contribution in [0.4, 0.5) is 4.39 Å². The van der Waals surface area contributed by atoms with Gasteiger partial charge in [0.15, 0.2) is 0 Å². The first-order valence-corrected chi connectivity index (χ1v) is 8.50. The largest absolute Gasteiger partial charge is 0.328 e. The number of hydrogen-bond donors (Lipinski definition) is 0. The van der Waals surface area contributed by atoms with E-state index in [0.717, 1.165) is 31.0 Å². The van der Waals surface area contributed by atoms with E-state index >= 15 is 0 Å². The van der Waals surface area contributed by atoms with Crippen molar-refractivity contribution in [2.45, 2.75) is 19.4 Å². The fourth-order valence-corrected chi connectivity index (χ4v) is 3.58. The van der Waals surface area contributed by atoms with Gasteiger partial charge in [0, 0.05) is 31.5 Å². The summed E-state index contributed by atoms with van der Waals surface area (Å²) < 4.78 is 16.4. The molecule has 21 heavy (non-hydrogen) atoms. The summed E-state index contributed by atoms with van der Waals surface area (Å²) in [6, 6.07) is 3.32. The fraction of sp³-hybridized carbons (Fsp3) is 0.533. The van der Waals surface area contributed by atoms with Crippen LogP contribution < -0.4 is 0 Å². The second kappa shape index (κ2) is 6.23. The van der Waals surface area contributed by atoms with Crippen molar-refractivity contribution in [1.29, 1.82) is 0 Å². The van der Waals surface area contributed by atoms with E-state index in [-0.39, 0.29) is 5.82 Å². The van der Waals surface area contributed by atoms with Crippen LogP contribution in [0.15, 0.2) is 16.6 Å². The summed E-state index contributed by atoms with van der Waals surface area (Å²) in [5, 5.41) is 0. The molecule has 1 aromatic carbocycles. The summed E-state index contributed by atoms with van der Waals surface area (Å²) in [5.74, 6) is 1.82. The van der Waals surface area contributed by atoms with Crippen LogP contribution in [-0.2, 0) is 13.0 Å². The minimum atomic E-state index is -0.273. The summed E-state index contributed by atoms with van der Waals surface area (Å²) in [4.78, 5) is 6.92. The maximum Gasteiger partial charge on any atom is 0.139 e. The maximum absolute atomic E-state index is 13.7. The van der Waals surface area contributed by atoms with Crippen molar-refractivity contribution in [3.8, 4) is 0 Å². The molecule has 3 nitrogen and oxygen atoms in total. The molecule has 0 saturated carbocycles. The second-order valence-corrected chi connectivity index (χ2v) is 6.98. The zero-order chi connectivity index (χ0) is 15.0. The van der Waals surface area contributed by atoms with Crippen molar-refractivity contribution in [2.75, 3.05) is 26.0 Å². The van der Waals surface area contributed by atoms with Crippen molar-refractivity contribution >= 4 is 38.6 Å². The lowest BCUT2D eigenvalue weighted by Gasteiger charge is -2.14. The lowest BCUT2D eigenvalue weighted by molar-refractivity contribution is 0.378. The highest BCUT2D eigenvalue weighted by molar-refractivity contribution is 9.10. The smallest absolute Gasteiger partial charge is 0.139 e. The molecular formula is C15H18BrClFN3. The Morgan fingerprint density at radius 3 is 2.95 bits per heavy atom. The van der Waals surface area contributed by atoms with E-state index in [1.54, 1.807) is 0 Å². The van der Waals surface area contributed by atoms with Gasteiger partial charge in [-0.1, -0.05) is 0 Å². The molecule has 1 fully saturated rings. The van der Waals surface area contributed by atoms with E-state index in [2.05, 4.69) is 37.4 Å². The number of rotatable bonds is 4. The Bertz CT molecular complexity index is 658. The van der Waals surface area contributed by atoms with Gasteiger partial charge in [-0.05, 0) is 47.9 Å². The number of hydrogen-bond acceptors (Lipinski definition) is 2. The lowest BCUT2D eigenvalue weighted by Crippen LogP contribution is -2.18. The second-order valence-electron chi connectivity index (χ2n) is 5.75. The van der Waals surface area contributed by atoms with E-state index in [1.165, 1.54) is 12.5 Å². The summed E-state index contributed by atoms with van der Waals surface area (Å²) >= 11 is 9.16. The topological polar surface area (TPSA) is 21.1 Å². The Kier molecular flexibility index (Phi) is 4.52. The predicted molar refractivity (Wildman–Crippen MR) is 87.4 cm³/mol. The Labute approximate surface area is 137 Å². The molecule has 0 bridgehead atoms. The average Bonchev–Trinajstić information content (AvgIpc) is 2.97. The van der Waals surface area contributed by atoms with Crippen LogP contribution in [0, 0.1) is 11.7 Å². The van der Waals surface area contributed by atoms with E-state index in [0.29, 0.717) is 28.2 Å². The third kappa shape index (κ3) is 3.10. The van der Waals surface area contributed by atoms with E-state index in [9.17, 15) is 4.39 Å². The van der Waals surface area contributed by atoms with E-state index < -0.39 is 0 Å². The molecular weight excluding hydrogens is 357 g/mol. The Hall–Kier alpha value is -0.650. The van der Waals surface area contributed by atoms with Crippen LogP contribution in [0.3, 0.4) is 0 Å². The fourth-order valence-electron chi connectivity index (χ4n) is 3.08. The van der Waals surface area contributed by atoms with Gasteiger partial charge in [0.1, 0.15) is 11.6 Å². The number of alkyl halides is 1. The van der Waals surface area contributed by atoms with Gasteiger partial charge in [-0.25, -0.2) is 9.37 Å². The molecule has 114 valence electrons. The van der Waals surface area contributed by atoms with E-state index in [4.69, 9.17) is 11.6 Å². The predicted octanol–water partition coefficient (Wildman–Crippen LogP) is 3.67. The van der Waals surface area contributed by atoms with Gasteiger partial charge < -0.3 is 9.47 Å². The number of aryl methyl sites for hydroxylation is 1. The van der Waals surface area contributed by atoms with Gasteiger partial charge >= 0.3 is 0 Å². The molecule has 6 heteroatoms. The van der Waals surface area contributed by atoms with E-state index in [1.807, 2.05) is 6.07 Å². The standard InChI is InChI=1S/C15H18BrClFN3/c1-20-5-3-10(8-20)9-21-14-6-11(16)12(18)7-13(14)19-15(21)2-4-17/h6-7,10H,2-5,8-9H2,1H3. The average molecular weight is 375 g/mol. The van der Waals surface area contributed by atoms with Crippen LogP contribution in [0.1, 0.15) is 12.2 Å². The maximum atomic E-state index is 13.7. The molecule has 0 N–H and O–H groups in total. The molecule has 2 aromatic rings. The minimum absolute atomic E-state index is 0.273. The first-order chi connectivity index (χ1) is 10.1. The third-order valence-electron chi connectivity index (χ3n) is 4.12. The van der Waals surface area contributed by atoms with Crippen LogP contribution in [-0.4, -0.2) is 40.5 Å². The summed E-state index contributed by atoms with van der Waals surface area (Å²) in [6.45, 7) is 3.16. The van der Waals surface area contributed by atoms with Crippen molar-refractivity contribution in [3.05, 3.63) is 28.2 Å². The minimum Gasteiger partial charge on any atom is -0.328 e. The molecule has 0 spiro atoms. The molecule has 1 aliphatic rings. The van der Waals surface area contributed by atoms with Crippen LogP contribution >= 0.6 is 27.5 Å². The molecule has 0 radical (unpaired) electrons. The third-order valence-corrected chi connectivity index (χ3v) is 4.91. The summed E-state index contributed by atoms with van der Waals surface area (Å²) in [5.41, 5.74) is 1.69. The van der Waals surface area contributed by atoms with Crippen molar-refractivity contribution < 1.29 is 4.39 Å². The van der Waals surface area contributed by atoms with Gasteiger partial charge in [0.25, 0.3) is 0 Å². The normalized spacial score (nSPS) is 19.7. The van der Waals surface area contributed by atoms with Gasteiger partial charge in [-0.3, -0.25) is 0 Å². The van der Waals surface area contributed by atoms with Crippen LogP contribution in [0.25, 0.3) is 11.0 Å². The molecule has 1 unspecified atom stereocenters. The van der Waals surface area contributed by atoms with Crippen molar-refractivity contribution in [1.82, 2.24) is 14.5 Å². The highest BCUT2D eigenvalue weighted by Gasteiger charge is 2.22. The quantitative estimate of drug-likeness (QED) is 0.761. The number of halogens is 3. The highest BCUT2D eigenvalue weighted by atomic mass is 79.9. The Morgan fingerprint density at radius 1 is 1.48 bits per heavy atom. The number of benzene rings is 1. The van der Waals surface area contributed by atoms with Gasteiger partial charge in [-0.15, -0.1) is 11.6 Å². The number of aromatic nitrogens is 2. The Morgan fingerprint density at radius 2 is 2.29 bits per heavy atom. The number of likely N-dealkylation sites (tertiary alicyclic amines) is 1. The first-order valence-electron chi connectivity index (χ1n) is 7.17. The SMILES string of the molecule is CN1CCC(Cn2c(CCCl)nc3cc(F)c(Br)cc32)C1. The molecule has 0 aliphatic carbocycles. The van der Waals surface area contributed by atoms with Gasteiger partial charge in [0.05, 0.1) is 15.5 Å². The number of fused-ring (bicyclic) bond motifs is 1. The van der Waals surface area contributed by atoms with Crippen molar-refractivity contribution in [3.63, 3.8) is 0 Å². The molecule has 1 aliphatic heterocycles. The Balaban J connectivity index is 2.00. The molecule has 3 rings (SSSR count). The molecule has 1 aromatic heterocycles. The molecule has 0 amide bonds. The van der Waals surface area contributed by atoms with Crippen LogP contribution in [0.2, 0.25) is 0 Å². The van der Waals surface area contributed by atoms with Crippen molar-refractivity contribution in [2.24, 2.45) is 5.92 Å². The van der Waals surface area contributed by atoms with Gasteiger partial charge in [-0.2, -0.15) is 0 Å².